The van der Waals surface area contributed by atoms with Crippen molar-refractivity contribution >= 4 is 40.0 Å². The first-order chi connectivity index (χ1) is 11.6. The molecule has 7 heteroatoms. The second-order valence-corrected chi connectivity index (χ2v) is 6.90. The van der Waals surface area contributed by atoms with Crippen molar-refractivity contribution in [1.82, 2.24) is 15.3 Å². The maximum Gasteiger partial charge on any atom is 0.258 e. The summed E-state index contributed by atoms with van der Waals surface area (Å²) in [6.07, 6.45) is 7.55. The molecule has 128 valence electrons. The van der Waals surface area contributed by atoms with Crippen molar-refractivity contribution in [2.45, 2.75) is 32.1 Å². The molecule has 0 atom stereocenters. The largest absolute Gasteiger partial charge is 0.467 e. The molecule has 1 aromatic carbocycles. The second-order valence-electron chi connectivity index (χ2n) is 6.06. The van der Waals surface area contributed by atoms with Crippen LogP contribution in [0, 0.1) is 5.92 Å². The molecule has 0 radical (unpaired) electrons. The predicted octanol–water partition coefficient (Wildman–Crippen LogP) is 4.01. The Bertz CT molecular complexity index is 733. The van der Waals surface area contributed by atoms with Gasteiger partial charge in [0.1, 0.15) is 6.33 Å². The highest BCUT2D eigenvalue weighted by atomic mass is 35.5. The molecule has 1 aliphatic rings. The Balaban J connectivity index is 1.60. The van der Waals surface area contributed by atoms with E-state index in [0.29, 0.717) is 39.3 Å². The summed E-state index contributed by atoms with van der Waals surface area (Å²) in [6.45, 7) is 0.618. The van der Waals surface area contributed by atoms with Gasteiger partial charge in [-0.2, -0.15) is 0 Å². The van der Waals surface area contributed by atoms with Crippen LogP contribution in [0.15, 0.2) is 18.5 Å². The Kier molecular flexibility index (Phi) is 5.74. The van der Waals surface area contributed by atoms with E-state index in [2.05, 4.69) is 15.3 Å². The third-order valence-electron chi connectivity index (χ3n) is 4.27. The fourth-order valence-corrected chi connectivity index (χ4v) is 3.56. The molecule has 1 aromatic heterocycles. The molecule has 5 nitrogen and oxygen atoms in total. The predicted molar refractivity (Wildman–Crippen MR) is 94.6 cm³/mol. The first-order valence-corrected chi connectivity index (χ1v) is 8.88. The van der Waals surface area contributed by atoms with Crippen molar-refractivity contribution in [3.05, 3.63) is 28.5 Å². The van der Waals surface area contributed by atoms with E-state index in [4.69, 9.17) is 27.9 Å². The van der Waals surface area contributed by atoms with Gasteiger partial charge < -0.3 is 10.1 Å². The average molecular weight is 368 g/mol. The lowest BCUT2D eigenvalue weighted by Crippen LogP contribution is -2.33. The molecule has 1 saturated carbocycles. The summed E-state index contributed by atoms with van der Waals surface area (Å²) in [5.41, 5.74) is 0.550. The van der Waals surface area contributed by atoms with Gasteiger partial charge in [-0.1, -0.05) is 42.5 Å². The van der Waals surface area contributed by atoms with E-state index in [1.54, 1.807) is 12.1 Å². The number of halogens is 2. The molecule has 0 aliphatic heterocycles. The van der Waals surface area contributed by atoms with Crippen LogP contribution >= 0.6 is 23.2 Å². The molecule has 0 bridgehead atoms. The topological polar surface area (TPSA) is 64.1 Å². The van der Waals surface area contributed by atoms with Crippen LogP contribution in [0.5, 0.6) is 5.88 Å². The molecule has 1 N–H and O–H groups in total. The van der Waals surface area contributed by atoms with Gasteiger partial charge in [-0.15, -0.1) is 0 Å². The first kappa shape index (κ1) is 17.2. The smallest absolute Gasteiger partial charge is 0.258 e. The summed E-state index contributed by atoms with van der Waals surface area (Å²) in [6, 6.07) is 3.29. The number of aromatic nitrogens is 2. The highest BCUT2D eigenvalue weighted by molar-refractivity contribution is 6.38. The molecule has 0 unspecified atom stereocenters. The molecule has 1 aliphatic carbocycles. The zero-order chi connectivity index (χ0) is 16.9. The standard InChI is InChI=1S/C17H19Cl2N3O2/c18-12-6-13-16(14(19)7-12)21-10-22-17(13)24-9-15(23)20-8-11-4-2-1-3-5-11/h6-7,10-11H,1-5,8-9H2,(H,20,23). The zero-order valence-corrected chi connectivity index (χ0v) is 14.7. The molecule has 3 rings (SSSR count). The second kappa shape index (κ2) is 7.99. The lowest BCUT2D eigenvalue weighted by Gasteiger charge is -2.21. The van der Waals surface area contributed by atoms with Crippen molar-refractivity contribution in [2.75, 3.05) is 13.2 Å². The van der Waals surface area contributed by atoms with Gasteiger partial charge in [0.05, 0.1) is 15.9 Å². The van der Waals surface area contributed by atoms with Crippen LogP contribution in [0.4, 0.5) is 0 Å². The lowest BCUT2D eigenvalue weighted by atomic mass is 9.89. The number of hydrogen-bond donors (Lipinski definition) is 1. The van der Waals surface area contributed by atoms with Gasteiger partial charge in [-0.05, 0) is 30.9 Å². The summed E-state index contributed by atoms with van der Waals surface area (Å²) >= 11 is 12.1. The molecule has 24 heavy (non-hydrogen) atoms. The minimum absolute atomic E-state index is 0.0943. The minimum atomic E-state index is -0.152. The van der Waals surface area contributed by atoms with Crippen LogP contribution in [0.25, 0.3) is 10.9 Å². The van der Waals surface area contributed by atoms with Gasteiger partial charge in [-0.3, -0.25) is 4.79 Å². The molecule has 0 spiro atoms. The Morgan fingerprint density at radius 2 is 2.00 bits per heavy atom. The number of rotatable bonds is 5. The Morgan fingerprint density at radius 1 is 1.21 bits per heavy atom. The van der Waals surface area contributed by atoms with E-state index >= 15 is 0 Å². The average Bonchev–Trinajstić information content (AvgIpc) is 2.59. The monoisotopic (exact) mass is 367 g/mol. The van der Waals surface area contributed by atoms with E-state index in [9.17, 15) is 4.79 Å². The van der Waals surface area contributed by atoms with Crippen molar-refractivity contribution in [2.24, 2.45) is 5.92 Å². The maximum absolute atomic E-state index is 12.0. The number of amides is 1. The SMILES string of the molecule is O=C(COc1ncnc2c(Cl)cc(Cl)cc12)NCC1CCCCC1. The number of nitrogens with zero attached hydrogens (tertiary/aromatic N) is 2. The third kappa shape index (κ3) is 4.28. The first-order valence-electron chi connectivity index (χ1n) is 8.13. The fourth-order valence-electron chi connectivity index (χ4n) is 3.02. The number of carbonyl (C=O) groups excluding carboxylic acids is 1. The molecule has 2 aromatic rings. The van der Waals surface area contributed by atoms with Gasteiger partial charge in [0.25, 0.3) is 5.91 Å². The summed E-state index contributed by atoms with van der Waals surface area (Å²) in [5, 5.41) is 4.42. The van der Waals surface area contributed by atoms with Gasteiger partial charge in [-0.25, -0.2) is 9.97 Å². The molecule has 1 heterocycles. The van der Waals surface area contributed by atoms with E-state index in [1.165, 1.54) is 38.4 Å². The molecule has 0 saturated heterocycles. The molecule has 1 fully saturated rings. The highest BCUT2D eigenvalue weighted by Crippen LogP contribution is 2.30. The zero-order valence-electron chi connectivity index (χ0n) is 13.2. The number of hydrogen-bond acceptors (Lipinski definition) is 4. The lowest BCUT2D eigenvalue weighted by molar-refractivity contribution is -0.123. The highest BCUT2D eigenvalue weighted by Gasteiger charge is 2.15. The van der Waals surface area contributed by atoms with Crippen molar-refractivity contribution in [3.8, 4) is 5.88 Å². The molecular formula is C17H19Cl2N3O2. The van der Waals surface area contributed by atoms with Gasteiger partial charge >= 0.3 is 0 Å². The number of nitrogens with one attached hydrogen (secondary N) is 1. The van der Waals surface area contributed by atoms with Crippen LogP contribution in [-0.4, -0.2) is 29.0 Å². The number of ether oxygens (including phenoxy) is 1. The fraction of sp³-hybridized carbons (Fsp3) is 0.471. The summed E-state index contributed by atoms with van der Waals surface area (Å²) < 4.78 is 5.55. The van der Waals surface area contributed by atoms with E-state index < -0.39 is 0 Å². The quantitative estimate of drug-likeness (QED) is 0.866. The van der Waals surface area contributed by atoms with Crippen molar-refractivity contribution < 1.29 is 9.53 Å². The molecular weight excluding hydrogens is 349 g/mol. The van der Waals surface area contributed by atoms with E-state index in [0.717, 1.165) is 0 Å². The molecule has 1 amide bonds. The van der Waals surface area contributed by atoms with Crippen LogP contribution < -0.4 is 10.1 Å². The Morgan fingerprint density at radius 3 is 2.79 bits per heavy atom. The Labute approximate surface area is 150 Å². The van der Waals surface area contributed by atoms with Gasteiger partial charge in [0, 0.05) is 11.6 Å². The summed E-state index contributed by atoms with van der Waals surface area (Å²) in [4.78, 5) is 20.2. The minimum Gasteiger partial charge on any atom is -0.467 e. The van der Waals surface area contributed by atoms with Gasteiger partial charge in [0.15, 0.2) is 6.61 Å². The van der Waals surface area contributed by atoms with Crippen molar-refractivity contribution in [1.29, 1.82) is 0 Å². The number of fused-ring (bicyclic) bond motifs is 1. The normalized spacial score (nSPS) is 15.4. The number of carbonyl (C=O) groups is 1. The van der Waals surface area contributed by atoms with Crippen LogP contribution in [0.2, 0.25) is 10.0 Å². The van der Waals surface area contributed by atoms with Gasteiger partial charge in [0.2, 0.25) is 5.88 Å². The third-order valence-corrected chi connectivity index (χ3v) is 4.78. The van der Waals surface area contributed by atoms with Crippen molar-refractivity contribution in [3.63, 3.8) is 0 Å². The summed E-state index contributed by atoms with van der Waals surface area (Å²) in [7, 11) is 0. The maximum atomic E-state index is 12.0. The summed E-state index contributed by atoms with van der Waals surface area (Å²) in [5.74, 6) is 0.734. The van der Waals surface area contributed by atoms with Crippen LogP contribution in [-0.2, 0) is 4.79 Å². The Hall–Kier alpha value is -1.59. The van der Waals surface area contributed by atoms with Crippen LogP contribution in [0.1, 0.15) is 32.1 Å². The number of benzene rings is 1. The van der Waals surface area contributed by atoms with E-state index in [-0.39, 0.29) is 12.5 Å². The van der Waals surface area contributed by atoms with Crippen LogP contribution in [0.3, 0.4) is 0 Å². The van der Waals surface area contributed by atoms with E-state index in [1.807, 2.05) is 0 Å².